The predicted molar refractivity (Wildman–Crippen MR) is 90.0 cm³/mol. The van der Waals surface area contributed by atoms with Gasteiger partial charge in [0, 0.05) is 43.2 Å². The van der Waals surface area contributed by atoms with Crippen molar-refractivity contribution in [2.75, 3.05) is 0 Å². The molecule has 1 saturated heterocycles. The van der Waals surface area contributed by atoms with Gasteiger partial charge in [-0.2, -0.15) is 10.2 Å². The maximum absolute atomic E-state index is 11.8. The fourth-order valence-corrected chi connectivity index (χ4v) is 3.28. The van der Waals surface area contributed by atoms with E-state index in [2.05, 4.69) is 44.1 Å². The van der Waals surface area contributed by atoms with E-state index in [1.807, 2.05) is 25.6 Å². The van der Waals surface area contributed by atoms with E-state index in [1.54, 1.807) is 4.68 Å². The summed E-state index contributed by atoms with van der Waals surface area (Å²) in [5, 5.41) is 19.1. The van der Waals surface area contributed by atoms with Crippen LogP contribution in [0.4, 0.5) is 0 Å². The lowest BCUT2D eigenvalue weighted by molar-refractivity contribution is -0.123. The zero-order chi connectivity index (χ0) is 16.5. The van der Waals surface area contributed by atoms with Crippen LogP contribution in [0.1, 0.15) is 30.0 Å². The van der Waals surface area contributed by atoms with Gasteiger partial charge in [-0.05, 0) is 18.1 Å². The highest BCUT2D eigenvalue weighted by molar-refractivity contribution is 5.78. The first-order valence-electron chi connectivity index (χ1n) is 8.12. The van der Waals surface area contributed by atoms with Gasteiger partial charge in [-0.25, -0.2) is 0 Å². The standard InChI is InChI=1S/C17H20N6O/c1-23-10-13(9-20-23)17-14(4-5-16(24)21-17)18-7-11-2-3-12-8-19-22-15(12)6-11/h2-3,6,8-10,14,17-18H,4-5,7H2,1H3,(H,19,22)(H,21,24)/t14-,17+/m1/s1. The molecule has 3 heterocycles. The van der Waals surface area contributed by atoms with Gasteiger partial charge in [0.2, 0.25) is 5.91 Å². The average Bonchev–Trinajstić information content (AvgIpc) is 3.21. The number of rotatable bonds is 4. The molecule has 1 aliphatic rings. The van der Waals surface area contributed by atoms with Crippen molar-refractivity contribution in [3.05, 3.63) is 47.9 Å². The lowest BCUT2D eigenvalue weighted by Gasteiger charge is -2.32. The number of H-pyrrole nitrogens is 1. The molecule has 0 unspecified atom stereocenters. The van der Waals surface area contributed by atoms with E-state index in [0.29, 0.717) is 6.42 Å². The van der Waals surface area contributed by atoms with Crippen molar-refractivity contribution in [3.8, 4) is 0 Å². The number of amides is 1. The maximum atomic E-state index is 11.8. The number of hydrogen-bond acceptors (Lipinski definition) is 4. The highest BCUT2D eigenvalue weighted by Crippen LogP contribution is 2.24. The number of fused-ring (bicyclic) bond motifs is 1. The topological polar surface area (TPSA) is 87.6 Å². The van der Waals surface area contributed by atoms with Crippen LogP contribution >= 0.6 is 0 Å². The summed E-state index contributed by atoms with van der Waals surface area (Å²) < 4.78 is 1.76. The van der Waals surface area contributed by atoms with Crippen LogP contribution in [0.15, 0.2) is 36.8 Å². The lowest BCUT2D eigenvalue weighted by Crippen LogP contribution is -2.48. The summed E-state index contributed by atoms with van der Waals surface area (Å²) in [5.74, 6) is 0.0979. The largest absolute Gasteiger partial charge is 0.348 e. The van der Waals surface area contributed by atoms with Crippen LogP contribution in [0, 0.1) is 0 Å². The predicted octanol–water partition coefficient (Wildman–Crippen LogP) is 1.41. The monoisotopic (exact) mass is 324 g/mol. The molecule has 0 saturated carbocycles. The number of aromatic nitrogens is 4. The molecule has 24 heavy (non-hydrogen) atoms. The van der Waals surface area contributed by atoms with Crippen LogP contribution in [-0.4, -0.2) is 31.9 Å². The Kier molecular flexibility index (Phi) is 3.78. The molecule has 7 heteroatoms. The lowest BCUT2D eigenvalue weighted by atomic mass is 9.93. The van der Waals surface area contributed by atoms with Crippen molar-refractivity contribution in [1.82, 2.24) is 30.6 Å². The second-order valence-corrected chi connectivity index (χ2v) is 6.31. The van der Waals surface area contributed by atoms with Crippen LogP contribution in [0.2, 0.25) is 0 Å². The number of aromatic amines is 1. The summed E-state index contributed by atoms with van der Waals surface area (Å²) in [6, 6.07) is 6.42. The zero-order valence-electron chi connectivity index (χ0n) is 13.5. The summed E-state index contributed by atoms with van der Waals surface area (Å²) >= 11 is 0. The Bertz CT molecular complexity index is 867. The molecule has 3 aromatic rings. The van der Waals surface area contributed by atoms with E-state index < -0.39 is 0 Å². The Balaban J connectivity index is 1.49. The molecule has 0 radical (unpaired) electrons. The second-order valence-electron chi connectivity index (χ2n) is 6.31. The number of nitrogens with zero attached hydrogens (tertiary/aromatic N) is 3. The van der Waals surface area contributed by atoms with Gasteiger partial charge in [0.1, 0.15) is 0 Å². The van der Waals surface area contributed by atoms with Crippen molar-refractivity contribution in [1.29, 1.82) is 0 Å². The molecule has 0 spiro atoms. The Morgan fingerprint density at radius 1 is 1.38 bits per heavy atom. The molecule has 4 rings (SSSR count). The van der Waals surface area contributed by atoms with Gasteiger partial charge < -0.3 is 10.6 Å². The minimum Gasteiger partial charge on any atom is -0.348 e. The number of benzene rings is 1. The summed E-state index contributed by atoms with van der Waals surface area (Å²) in [6.07, 6.45) is 6.97. The molecule has 1 aromatic carbocycles. The molecule has 0 aliphatic carbocycles. The Hall–Kier alpha value is -2.67. The van der Waals surface area contributed by atoms with Gasteiger partial charge in [-0.15, -0.1) is 0 Å². The van der Waals surface area contributed by atoms with Crippen LogP contribution in [0.25, 0.3) is 10.9 Å². The van der Waals surface area contributed by atoms with E-state index in [0.717, 1.165) is 29.4 Å². The third kappa shape index (κ3) is 2.90. The smallest absolute Gasteiger partial charge is 0.220 e. The Morgan fingerprint density at radius 2 is 2.29 bits per heavy atom. The van der Waals surface area contributed by atoms with Crippen molar-refractivity contribution in [2.45, 2.75) is 31.5 Å². The number of nitrogens with one attached hydrogen (secondary N) is 3. The number of hydrogen-bond donors (Lipinski definition) is 3. The SMILES string of the molecule is Cn1cc([C@@H]2NC(=O)CC[C@H]2NCc2ccc3cn[nH]c3c2)cn1. The molecule has 2 atom stereocenters. The van der Waals surface area contributed by atoms with Crippen molar-refractivity contribution < 1.29 is 4.79 Å². The maximum Gasteiger partial charge on any atom is 0.220 e. The number of piperidine rings is 1. The highest BCUT2D eigenvalue weighted by atomic mass is 16.1. The van der Waals surface area contributed by atoms with Crippen molar-refractivity contribution >= 4 is 16.8 Å². The first-order chi connectivity index (χ1) is 11.7. The van der Waals surface area contributed by atoms with Gasteiger partial charge >= 0.3 is 0 Å². The van der Waals surface area contributed by atoms with E-state index in [4.69, 9.17) is 0 Å². The van der Waals surface area contributed by atoms with Gasteiger partial charge in [-0.3, -0.25) is 14.6 Å². The number of carbonyl (C=O) groups is 1. The summed E-state index contributed by atoms with van der Waals surface area (Å²) in [7, 11) is 1.89. The van der Waals surface area contributed by atoms with E-state index in [1.165, 1.54) is 5.56 Å². The fourth-order valence-electron chi connectivity index (χ4n) is 3.28. The fraction of sp³-hybridized carbons (Fsp3) is 0.353. The Labute approximate surface area is 139 Å². The average molecular weight is 324 g/mol. The molecule has 7 nitrogen and oxygen atoms in total. The van der Waals surface area contributed by atoms with Crippen molar-refractivity contribution in [2.24, 2.45) is 7.05 Å². The summed E-state index contributed by atoms with van der Waals surface area (Å²) in [4.78, 5) is 11.8. The summed E-state index contributed by atoms with van der Waals surface area (Å²) in [5.41, 5.74) is 3.26. The molecule has 124 valence electrons. The molecular weight excluding hydrogens is 304 g/mol. The molecule has 0 bridgehead atoms. The van der Waals surface area contributed by atoms with E-state index >= 15 is 0 Å². The Morgan fingerprint density at radius 3 is 3.12 bits per heavy atom. The van der Waals surface area contributed by atoms with Gasteiger partial charge in [-0.1, -0.05) is 12.1 Å². The summed E-state index contributed by atoms with van der Waals surface area (Å²) in [6.45, 7) is 0.742. The van der Waals surface area contributed by atoms with Gasteiger partial charge in [0.05, 0.1) is 24.0 Å². The zero-order valence-corrected chi connectivity index (χ0v) is 13.5. The van der Waals surface area contributed by atoms with Crippen LogP contribution in [-0.2, 0) is 18.4 Å². The van der Waals surface area contributed by atoms with E-state index in [-0.39, 0.29) is 18.0 Å². The van der Waals surface area contributed by atoms with Crippen LogP contribution < -0.4 is 10.6 Å². The highest BCUT2D eigenvalue weighted by Gasteiger charge is 2.30. The molecule has 1 amide bonds. The minimum absolute atomic E-state index is 0.0455. The quantitative estimate of drug-likeness (QED) is 0.677. The molecule has 1 fully saturated rings. The first-order valence-corrected chi connectivity index (χ1v) is 8.12. The third-order valence-corrected chi connectivity index (χ3v) is 4.56. The van der Waals surface area contributed by atoms with Crippen LogP contribution in [0.5, 0.6) is 0 Å². The molecule has 1 aliphatic heterocycles. The minimum atomic E-state index is -0.0455. The number of carbonyl (C=O) groups excluding carboxylic acids is 1. The second kappa shape index (κ2) is 6.09. The van der Waals surface area contributed by atoms with Gasteiger partial charge in [0.25, 0.3) is 0 Å². The van der Waals surface area contributed by atoms with E-state index in [9.17, 15) is 4.79 Å². The first kappa shape index (κ1) is 14.9. The normalized spacial score (nSPS) is 21.1. The van der Waals surface area contributed by atoms with Gasteiger partial charge in [0.15, 0.2) is 0 Å². The molecule has 3 N–H and O–H groups in total. The third-order valence-electron chi connectivity index (χ3n) is 4.56. The molecule has 2 aromatic heterocycles. The number of aryl methyl sites for hydroxylation is 1. The van der Waals surface area contributed by atoms with Crippen molar-refractivity contribution in [3.63, 3.8) is 0 Å². The molecular formula is C17H20N6O. The van der Waals surface area contributed by atoms with Crippen LogP contribution in [0.3, 0.4) is 0 Å².